The molecule has 1 fully saturated rings. The van der Waals surface area contributed by atoms with Gasteiger partial charge < -0.3 is 15.3 Å². The largest absolute Gasteiger partial charge is 0.481 e. The molecule has 2 aromatic carbocycles. The zero-order valence-corrected chi connectivity index (χ0v) is 16.5. The first-order valence-electron chi connectivity index (χ1n) is 9.87. The van der Waals surface area contributed by atoms with Crippen molar-refractivity contribution in [1.82, 2.24) is 10.2 Å². The number of rotatable bonds is 6. The summed E-state index contributed by atoms with van der Waals surface area (Å²) in [6.07, 6.45) is 1.35. The second kappa shape index (κ2) is 9.37. The summed E-state index contributed by atoms with van der Waals surface area (Å²) in [5, 5.41) is 12.2. The molecule has 1 saturated heterocycles. The average Bonchev–Trinajstić information content (AvgIpc) is 2.74. The van der Waals surface area contributed by atoms with Crippen LogP contribution in [0, 0.1) is 12.8 Å². The number of carboxylic acids is 1. The Morgan fingerprint density at radius 3 is 2.45 bits per heavy atom. The highest BCUT2D eigenvalue weighted by Crippen LogP contribution is 2.22. The first-order chi connectivity index (χ1) is 13.9. The molecule has 0 aliphatic carbocycles. The highest BCUT2D eigenvalue weighted by molar-refractivity contribution is 5.94. The Balaban J connectivity index is 1.74. The molecule has 2 atom stereocenters. The number of carboxylic acid groups (broad SMARTS) is 1. The predicted molar refractivity (Wildman–Crippen MR) is 109 cm³/mol. The van der Waals surface area contributed by atoms with E-state index in [4.69, 9.17) is 0 Å². The van der Waals surface area contributed by atoms with E-state index in [-0.39, 0.29) is 24.8 Å². The van der Waals surface area contributed by atoms with Gasteiger partial charge in [0.15, 0.2) is 0 Å². The van der Waals surface area contributed by atoms with E-state index in [1.165, 1.54) is 0 Å². The van der Waals surface area contributed by atoms with Crippen molar-refractivity contribution in [3.63, 3.8) is 0 Å². The van der Waals surface area contributed by atoms with E-state index in [2.05, 4.69) is 5.32 Å². The van der Waals surface area contributed by atoms with E-state index in [0.29, 0.717) is 24.9 Å². The third-order valence-electron chi connectivity index (χ3n) is 5.32. The number of likely N-dealkylation sites (tertiary alicyclic amines) is 1. The lowest BCUT2D eigenvalue weighted by Gasteiger charge is -2.32. The number of piperidine rings is 1. The third kappa shape index (κ3) is 5.44. The summed E-state index contributed by atoms with van der Waals surface area (Å²) >= 11 is 0. The van der Waals surface area contributed by atoms with Crippen LogP contribution in [0.25, 0.3) is 0 Å². The van der Waals surface area contributed by atoms with Crippen molar-refractivity contribution < 1.29 is 19.5 Å². The maximum Gasteiger partial charge on any atom is 0.308 e. The van der Waals surface area contributed by atoms with Gasteiger partial charge in [0.25, 0.3) is 5.91 Å². The smallest absolute Gasteiger partial charge is 0.308 e. The number of nitrogens with one attached hydrogen (secondary N) is 1. The zero-order chi connectivity index (χ0) is 20.8. The maximum absolute atomic E-state index is 12.9. The highest BCUT2D eigenvalue weighted by Gasteiger charge is 2.30. The lowest BCUT2D eigenvalue weighted by atomic mass is 9.96. The van der Waals surface area contributed by atoms with Gasteiger partial charge in [-0.05, 0) is 37.5 Å². The Bertz CT molecular complexity index is 864. The molecule has 6 nitrogen and oxygen atoms in total. The molecule has 3 rings (SSSR count). The minimum Gasteiger partial charge on any atom is -0.481 e. The number of aliphatic carboxylic acids is 1. The number of nitrogens with zero attached hydrogens (tertiary/aromatic N) is 1. The van der Waals surface area contributed by atoms with Gasteiger partial charge in [-0.15, -0.1) is 0 Å². The quantitative estimate of drug-likeness (QED) is 0.788. The summed E-state index contributed by atoms with van der Waals surface area (Å²) in [6, 6.07) is 16.2. The van der Waals surface area contributed by atoms with E-state index >= 15 is 0 Å². The van der Waals surface area contributed by atoms with Crippen molar-refractivity contribution in [1.29, 1.82) is 0 Å². The van der Waals surface area contributed by atoms with Crippen molar-refractivity contribution in [2.45, 2.75) is 32.2 Å². The van der Waals surface area contributed by atoms with Crippen LogP contribution in [0.1, 0.15) is 46.8 Å². The fourth-order valence-electron chi connectivity index (χ4n) is 3.59. The van der Waals surface area contributed by atoms with Crippen LogP contribution < -0.4 is 5.32 Å². The van der Waals surface area contributed by atoms with Crippen LogP contribution in [0.2, 0.25) is 0 Å². The van der Waals surface area contributed by atoms with Crippen LogP contribution in [-0.4, -0.2) is 40.9 Å². The molecule has 1 aliphatic heterocycles. The van der Waals surface area contributed by atoms with Gasteiger partial charge in [0.1, 0.15) is 0 Å². The van der Waals surface area contributed by atoms with E-state index in [1.54, 1.807) is 17.0 Å². The van der Waals surface area contributed by atoms with Gasteiger partial charge in [-0.3, -0.25) is 14.4 Å². The molecule has 29 heavy (non-hydrogen) atoms. The normalized spacial score (nSPS) is 17.4. The van der Waals surface area contributed by atoms with Gasteiger partial charge in [-0.2, -0.15) is 0 Å². The average molecular weight is 394 g/mol. The van der Waals surface area contributed by atoms with Crippen molar-refractivity contribution in [2.75, 3.05) is 13.1 Å². The monoisotopic (exact) mass is 394 g/mol. The van der Waals surface area contributed by atoms with Crippen molar-refractivity contribution in [3.8, 4) is 0 Å². The lowest BCUT2D eigenvalue weighted by molar-refractivity contribution is -0.145. The molecule has 152 valence electrons. The van der Waals surface area contributed by atoms with Crippen LogP contribution in [0.4, 0.5) is 0 Å². The molecule has 0 saturated carbocycles. The summed E-state index contributed by atoms with van der Waals surface area (Å²) in [7, 11) is 0. The number of aryl methyl sites for hydroxylation is 1. The summed E-state index contributed by atoms with van der Waals surface area (Å²) < 4.78 is 0. The molecule has 0 radical (unpaired) electrons. The Hall–Kier alpha value is -3.15. The summed E-state index contributed by atoms with van der Waals surface area (Å²) in [6.45, 7) is 2.73. The van der Waals surface area contributed by atoms with Crippen molar-refractivity contribution in [2.24, 2.45) is 5.92 Å². The molecule has 2 amide bonds. The standard InChI is InChI=1S/C23H26N2O4/c1-16-9-11-18(12-10-16)22(27)24-20(17-6-3-2-4-7-17)14-21(26)25-13-5-8-19(15-25)23(28)29/h2-4,6-7,9-12,19-20H,5,8,13-15H2,1H3,(H,24,27)(H,28,29). The molecule has 1 heterocycles. The number of hydrogen-bond donors (Lipinski definition) is 2. The second-order valence-corrected chi connectivity index (χ2v) is 7.52. The van der Waals surface area contributed by atoms with Crippen LogP contribution in [-0.2, 0) is 9.59 Å². The molecular weight excluding hydrogens is 368 g/mol. The van der Waals surface area contributed by atoms with Crippen molar-refractivity contribution in [3.05, 3.63) is 71.3 Å². The van der Waals surface area contributed by atoms with Gasteiger partial charge in [-0.25, -0.2) is 0 Å². The van der Waals surface area contributed by atoms with Gasteiger partial charge in [0, 0.05) is 18.7 Å². The topological polar surface area (TPSA) is 86.7 Å². The molecule has 2 N–H and O–H groups in total. The van der Waals surface area contributed by atoms with Gasteiger partial charge in [0.05, 0.1) is 18.4 Å². The van der Waals surface area contributed by atoms with E-state index in [0.717, 1.165) is 11.1 Å². The number of amides is 2. The Morgan fingerprint density at radius 1 is 1.10 bits per heavy atom. The minimum absolute atomic E-state index is 0.0912. The van der Waals surface area contributed by atoms with E-state index < -0.39 is 17.9 Å². The van der Waals surface area contributed by atoms with Gasteiger partial charge in [-0.1, -0.05) is 48.0 Å². The molecule has 1 aliphatic rings. The second-order valence-electron chi connectivity index (χ2n) is 7.52. The van der Waals surface area contributed by atoms with Crippen molar-refractivity contribution >= 4 is 17.8 Å². The molecule has 0 bridgehead atoms. The third-order valence-corrected chi connectivity index (χ3v) is 5.32. The Labute approximate surface area is 170 Å². The Kier molecular flexibility index (Phi) is 6.65. The molecule has 2 unspecified atom stereocenters. The number of carbonyl (C=O) groups excluding carboxylic acids is 2. The molecule has 0 spiro atoms. The van der Waals surface area contributed by atoms with Gasteiger partial charge >= 0.3 is 5.97 Å². The fraction of sp³-hybridized carbons (Fsp3) is 0.348. The SMILES string of the molecule is Cc1ccc(C(=O)NC(CC(=O)N2CCCC(C(=O)O)C2)c2ccccc2)cc1. The number of hydrogen-bond acceptors (Lipinski definition) is 3. The Morgan fingerprint density at radius 2 is 1.79 bits per heavy atom. The first-order valence-corrected chi connectivity index (χ1v) is 9.87. The van der Waals surface area contributed by atoms with Crippen LogP contribution in [0.15, 0.2) is 54.6 Å². The minimum atomic E-state index is -0.866. The summed E-state index contributed by atoms with van der Waals surface area (Å²) in [5.74, 6) is -1.78. The molecular formula is C23H26N2O4. The van der Waals surface area contributed by atoms with E-state index in [9.17, 15) is 19.5 Å². The fourth-order valence-corrected chi connectivity index (χ4v) is 3.59. The van der Waals surface area contributed by atoms with E-state index in [1.807, 2.05) is 49.4 Å². The number of carbonyl (C=O) groups is 3. The van der Waals surface area contributed by atoms with Crippen LogP contribution >= 0.6 is 0 Å². The summed E-state index contributed by atoms with van der Waals surface area (Å²) in [5.41, 5.74) is 2.44. The van der Waals surface area contributed by atoms with Gasteiger partial charge in [0.2, 0.25) is 5.91 Å². The maximum atomic E-state index is 12.9. The number of benzene rings is 2. The lowest BCUT2D eigenvalue weighted by Crippen LogP contribution is -2.43. The van der Waals surface area contributed by atoms with Crippen LogP contribution in [0.5, 0.6) is 0 Å². The predicted octanol–water partition coefficient (Wildman–Crippen LogP) is 3.18. The zero-order valence-electron chi connectivity index (χ0n) is 16.5. The summed E-state index contributed by atoms with van der Waals surface area (Å²) in [4.78, 5) is 38.5. The highest BCUT2D eigenvalue weighted by atomic mass is 16.4. The molecule has 0 aromatic heterocycles. The molecule has 6 heteroatoms. The van der Waals surface area contributed by atoms with Crippen LogP contribution in [0.3, 0.4) is 0 Å². The molecule has 2 aromatic rings. The first kappa shape index (κ1) is 20.6.